The number of hydrogen-bond donors (Lipinski definition) is 2. The van der Waals surface area contributed by atoms with Crippen LogP contribution in [0.5, 0.6) is 11.5 Å². The van der Waals surface area contributed by atoms with Crippen molar-refractivity contribution in [1.29, 1.82) is 0 Å². The number of benzene rings is 1. The standard InChI is InChI=1S/C24H25ClF3N3O5/c25-13-1-4-19-17(5-13)18(32)7-20(35-19)21(33)30-22-10-23(11-22,12-22)31-9-16(8-29-31)34-14-2-3-15(6-14)36-24(26,27)28/h1,4-5,8-9,14-15,18,20,32H,2-3,6-7,10-12H2,(H,30,33)/t14?,15?,18-,20-,22?,23?/m1/s1. The van der Waals surface area contributed by atoms with E-state index < -0.39 is 24.7 Å². The molecule has 2 bridgehead atoms. The topological polar surface area (TPSA) is 94.8 Å². The van der Waals surface area contributed by atoms with Crippen LogP contribution in [0.1, 0.15) is 56.6 Å². The monoisotopic (exact) mass is 527 g/mol. The lowest BCUT2D eigenvalue weighted by molar-refractivity contribution is -0.341. The van der Waals surface area contributed by atoms with Crippen LogP contribution in [0.3, 0.4) is 0 Å². The van der Waals surface area contributed by atoms with Crippen LogP contribution in [0.15, 0.2) is 30.6 Å². The summed E-state index contributed by atoms with van der Waals surface area (Å²) in [7, 11) is 0. The molecular formula is C24H25ClF3N3O5. The molecule has 5 aliphatic rings. The average Bonchev–Trinajstić information content (AvgIpc) is 3.38. The highest BCUT2D eigenvalue weighted by Gasteiger charge is 2.70. The van der Waals surface area contributed by atoms with E-state index in [0.717, 1.165) is 0 Å². The lowest BCUT2D eigenvalue weighted by Crippen LogP contribution is -2.79. The van der Waals surface area contributed by atoms with Crippen molar-refractivity contribution in [3.05, 3.63) is 41.2 Å². The molecule has 2 unspecified atom stereocenters. The number of amides is 1. The zero-order valence-electron chi connectivity index (χ0n) is 19.1. The summed E-state index contributed by atoms with van der Waals surface area (Å²) < 4.78 is 54.9. The maximum atomic E-state index is 12.9. The number of alkyl halides is 3. The van der Waals surface area contributed by atoms with Gasteiger partial charge in [0.1, 0.15) is 11.9 Å². The Bertz CT molecular complexity index is 1170. The summed E-state index contributed by atoms with van der Waals surface area (Å²) in [5.74, 6) is 0.707. The van der Waals surface area contributed by atoms with Gasteiger partial charge in [-0.2, -0.15) is 5.10 Å². The lowest BCUT2D eigenvalue weighted by Gasteiger charge is -2.70. The van der Waals surface area contributed by atoms with Gasteiger partial charge in [-0.3, -0.25) is 14.2 Å². The minimum atomic E-state index is -4.64. The predicted octanol–water partition coefficient (Wildman–Crippen LogP) is 4.01. The summed E-state index contributed by atoms with van der Waals surface area (Å²) in [6.07, 6.45) is -0.910. The summed E-state index contributed by atoms with van der Waals surface area (Å²) in [5, 5.41) is 18.4. The molecule has 0 spiro atoms. The molecule has 194 valence electrons. The first-order chi connectivity index (χ1) is 17.0. The van der Waals surface area contributed by atoms with E-state index in [9.17, 15) is 23.1 Å². The normalized spacial score (nSPS) is 34.7. The summed E-state index contributed by atoms with van der Waals surface area (Å²) in [5.41, 5.74) is 0.0448. The van der Waals surface area contributed by atoms with E-state index >= 15 is 0 Å². The van der Waals surface area contributed by atoms with E-state index in [-0.39, 0.29) is 35.9 Å². The third-order valence-corrected chi connectivity index (χ3v) is 7.94. The summed E-state index contributed by atoms with van der Waals surface area (Å²) in [6.45, 7) is 0. The average molecular weight is 528 g/mol. The van der Waals surface area contributed by atoms with Crippen molar-refractivity contribution < 1.29 is 37.3 Å². The molecule has 0 radical (unpaired) electrons. The Morgan fingerprint density at radius 2 is 1.97 bits per heavy atom. The van der Waals surface area contributed by atoms with E-state index in [1.54, 1.807) is 30.6 Å². The quantitative estimate of drug-likeness (QED) is 0.589. The molecule has 2 heterocycles. The number of carbonyl (C=O) groups is 1. The highest BCUT2D eigenvalue weighted by molar-refractivity contribution is 6.30. The maximum absolute atomic E-state index is 12.9. The number of hydrogen-bond acceptors (Lipinski definition) is 6. The molecule has 36 heavy (non-hydrogen) atoms. The Balaban J connectivity index is 1.01. The van der Waals surface area contributed by atoms with E-state index in [0.29, 0.717) is 54.2 Å². The number of aliphatic hydroxyl groups is 1. The number of ether oxygens (including phenoxy) is 3. The van der Waals surface area contributed by atoms with Crippen molar-refractivity contribution in [3.63, 3.8) is 0 Å². The van der Waals surface area contributed by atoms with E-state index in [4.69, 9.17) is 21.1 Å². The van der Waals surface area contributed by atoms with Crippen molar-refractivity contribution in [2.45, 2.75) is 86.8 Å². The van der Waals surface area contributed by atoms with Gasteiger partial charge in [0, 0.05) is 29.0 Å². The fourth-order valence-corrected chi connectivity index (χ4v) is 6.33. The van der Waals surface area contributed by atoms with Crippen LogP contribution in [0, 0.1) is 0 Å². The molecule has 2 aromatic rings. The molecule has 4 atom stereocenters. The van der Waals surface area contributed by atoms with Gasteiger partial charge in [0.2, 0.25) is 0 Å². The third kappa shape index (κ3) is 4.31. The minimum absolute atomic E-state index is 0.149. The minimum Gasteiger partial charge on any atom is -0.487 e. The number of nitrogens with zero attached hydrogens (tertiary/aromatic N) is 2. The van der Waals surface area contributed by atoms with Crippen molar-refractivity contribution in [2.24, 2.45) is 0 Å². The fourth-order valence-electron chi connectivity index (χ4n) is 6.15. The van der Waals surface area contributed by atoms with Gasteiger partial charge < -0.3 is 19.9 Å². The largest absolute Gasteiger partial charge is 0.522 e. The highest BCUT2D eigenvalue weighted by Crippen LogP contribution is 2.65. The van der Waals surface area contributed by atoms with Crippen LogP contribution in [0.2, 0.25) is 5.02 Å². The number of nitrogens with one attached hydrogen (secondary N) is 1. The molecule has 4 aliphatic carbocycles. The van der Waals surface area contributed by atoms with Crippen LogP contribution < -0.4 is 14.8 Å². The highest BCUT2D eigenvalue weighted by atomic mass is 35.5. The SMILES string of the molecule is O=C(NC12CC(n3cc(OC4CCC(OC(F)(F)F)C4)cn3)(C1)C2)[C@H]1C[C@@H](O)c2cc(Cl)ccc2O1. The van der Waals surface area contributed by atoms with Crippen LogP contribution in [0.4, 0.5) is 13.2 Å². The zero-order valence-corrected chi connectivity index (χ0v) is 19.9. The number of fused-ring (bicyclic) bond motifs is 1. The van der Waals surface area contributed by atoms with E-state index in [2.05, 4.69) is 15.2 Å². The predicted molar refractivity (Wildman–Crippen MR) is 120 cm³/mol. The molecule has 1 aliphatic heterocycles. The van der Waals surface area contributed by atoms with Gasteiger partial charge >= 0.3 is 6.36 Å². The summed E-state index contributed by atoms with van der Waals surface area (Å²) in [6, 6.07) is 4.95. The van der Waals surface area contributed by atoms with E-state index in [1.807, 2.05) is 4.68 Å². The van der Waals surface area contributed by atoms with Crippen LogP contribution in [0.25, 0.3) is 0 Å². The molecule has 12 heteroatoms. The molecule has 1 aromatic carbocycles. The molecule has 2 N–H and O–H groups in total. The Labute approximate surface area is 209 Å². The molecule has 4 saturated carbocycles. The number of aliphatic hydroxyl groups excluding tert-OH is 1. The summed E-state index contributed by atoms with van der Waals surface area (Å²) in [4.78, 5) is 12.9. The summed E-state index contributed by atoms with van der Waals surface area (Å²) >= 11 is 5.99. The van der Waals surface area contributed by atoms with Gasteiger partial charge in [-0.1, -0.05) is 11.6 Å². The van der Waals surface area contributed by atoms with Crippen LogP contribution >= 0.6 is 11.6 Å². The first kappa shape index (κ1) is 23.9. The first-order valence-electron chi connectivity index (χ1n) is 11.9. The van der Waals surface area contributed by atoms with Gasteiger partial charge in [0.15, 0.2) is 11.9 Å². The van der Waals surface area contributed by atoms with Gasteiger partial charge in [0.05, 0.1) is 30.1 Å². The second-order valence-corrected chi connectivity index (χ2v) is 10.9. The third-order valence-electron chi connectivity index (χ3n) is 7.70. The van der Waals surface area contributed by atoms with Crippen molar-refractivity contribution in [1.82, 2.24) is 15.1 Å². The number of rotatable bonds is 6. The van der Waals surface area contributed by atoms with E-state index in [1.165, 1.54) is 0 Å². The van der Waals surface area contributed by atoms with Gasteiger partial charge in [-0.15, -0.1) is 13.2 Å². The number of carbonyl (C=O) groups excluding carboxylic acids is 1. The Kier molecular flexibility index (Phi) is 5.47. The molecule has 8 nitrogen and oxygen atoms in total. The lowest BCUT2D eigenvalue weighted by atomic mass is 9.44. The molecular weight excluding hydrogens is 503 g/mol. The van der Waals surface area contributed by atoms with Crippen molar-refractivity contribution in [2.75, 3.05) is 0 Å². The number of aromatic nitrogens is 2. The van der Waals surface area contributed by atoms with Gasteiger partial charge in [0.25, 0.3) is 5.91 Å². The molecule has 0 saturated heterocycles. The van der Waals surface area contributed by atoms with Gasteiger partial charge in [-0.05, 0) is 50.3 Å². The first-order valence-corrected chi connectivity index (χ1v) is 12.3. The Hall–Kier alpha value is -2.50. The molecule has 1 amide bonds. The van der Waals surface area contributed by atoms with Crippen LogP contribution in [-0.4, -0.2) is 51.0 Å². The Morgan fingerprint density at radius 1 is 1.22 bits per heavy atom. The second-order valence-electron chi connectivity index (χ2n) is 10.4. The zero-order chi connectivity index (χ0) is 25.3. The second kappa shape index (κ2) is 8.26. The van der Waals surface area contributed by atoms with Crippen molar-refractivity contribution in [3.8, 4) is 11.5 Å². The number of halogens is 4. The fraction of sp³-hybridized carbons (Fsp3) is 0.583. The van der Waals surface area contributed by atoms with Gasteiger partial charge in [-0.25, -0.2) is 0 Å². The maximum Gasteiger partial charge on any atom is 0.522 e. The van der Waals surface area contributed by atoms with Crippen molar-refractivity contribution >= 4 is 17.5 Å². The molecule has 7 rings (SSSR count). The van der Waals surface area contributed by atoms with Crippen LogP contribution in [-0.2, 0) is 15.1 Å². The molecule has 4 fully saturated rings. The smallest absolute Gasteiger partial charge is 0.487 e. The Morgan fingerprint density at radius 3 is 2.72 bits per heavy atom. The molecule has 1 aromatic heterocycles.